The van der Waals surface area contributed by atoms with Crippen molar-refractivity contribution < 1.29 is 17.9 Å². The van der Waals surface area contributed by atoms with Gasteiger partial charge in [-0.3, -0.25) is 0 Å². The van der Waals surface area contributed by atoms with Crippen LogP contribution in [0.5, 0.6) is 5.88 Å². The van der Waals surface area contributed by atoms with Crippen molar-refractivity contribution in [1.82, 2.24) is 4.98 Å². The van der Waals surface area contributed by atoms with E-state index in [1.807, 2.05) is 0 Å². The van der Waals surface area contributed by atoms with Gasteiger partial charge in [0.1, 0.15) is 10.7 Å². The molecule has 1 aromatic heterocycles. The molecule has 0 spiro atoms. The van der Waals surface area contributed by atoms with E-state index >= 15 is 0 Å². The smallest absolute Gasteiger partial charge is 0.433 e. The van der Waals surface area contributed by atoms with Crippen molar-refractivity contribution in [3.05, 3.63) is 23.4 Å². The maximum atomic E-state index is 12.7. The predicted molar refractivity (Wildman–Crippen MR) is 77.2 cm³/mol. The van der Waals surface area contributed by atoms with Gasteiger partial charge in [0.2, 0.25) is 5.88 Å². The van der Waals surface area contributed by atoms with Gasteiger partial charge in [-0.05, 0) is 30.9 Å². The fraction of sp³-hybridized carbons (Fsp3) is 0.571. The Kier molecular flexibility index (Phi) is 5.03. The van der Waals surface area contributed by atoms with Crippen molar-refractivity contribution in [3.8, 4) is 5.88 Å². The Labute approximate surface area is 126 Å². The van der Waals surface area contributed by atoms with E-state index in [9.17, 15) is 13.2 Å². The molecule has 3 nitrogen and oxygen atoms in total. The van der Waals surface area contributed by atoms with Crippen LogP contribution in [0.2, 0.25) is 0 Å². The van der Waals surface area contributed by atoms with E-state index in [1.165, 1.54) is 12.5 Å². The number of hydrogen-bond donors (Lipinski definition) is 1. The summed E-state index contributed by atoms with van der Waals surface area (Å²) in [6.45, 7) is 0.351. The van der Waals surface area contributed by atoms with Gasteiger partial charge in [-0.1, -0.05) is 31.5 Å². The summed E-state index contributed by atoms with van der Waals surface area (Å²) >= 11 is 4.83. The van der Waals surface area contributed by atoms with Crippen LogP contribution in [0.25, 0.3) is 0 Å². The molecule has 21 heavy (non-hydrogen) atoms. The Morgan fingerprint density at radius 2 is 1.95 bits per heavy atom. The van der Waals surface area contributed by atoms with Gasteiger partial charge in [0.15, 0.2) is 0 Å². The zero-order chi connectivity index (χ0) is 15.5. The third-order valence-corrected chi connectivity index (χ3v) is 3.82. The molecule has 1 aliphatic carbocycles. The van der Waals surface area contributed by atoms with Crippen molar-refractivity contribution in [3.63, 3.8) is 0 Å². The van der Waals surface area contributed by atoms with Crippen molar-refractivity contribution in [2.24, 2.45) is 11.7 Å². The molecule has 0 unspecified atom stereocenters. The predicted octanol–water partition coefficient (Wildman–Crippen LogP) is 3.69. The van der Waals surface area contributed by atoms with Gasteiger partial charge in [-0.15, -0.1) is 0 Å². The third-order valence-electron chi connectivity index (χ3n) is 3.60. The second-order valence-electron chi connectivity index (χ2n) is 5.23. The second-order valence-corrected chi connectivity index (χ2v) is 5.67. The molecule has 116 valence electrons. The van der Waals surface area contributed by atoms with Crippen molar-refractivity contribution in [2.45, 2.75) is 38.3 Å². The highest BCUT2D eigenvalue weighted by Gasteiger charge is 2.33. The Morgan fingerprint density at radius 3 is 2.52 bits per heavy atom. The fourth-order valence-corrected chi connectivity index (χ4v) is 2.60. The number of pyridine rings is 1. The van der Waals surface area contributed by atoms with E-state index in [-0.39, 0.29) is 16.4 Å². The van der Waals surface area contributed by atoms with Gasteiger partial charge in [-0.25, -0.2) is 4.98 Å². The molecule has 0 radical (unpaired) electrons. The molecule has 1 saturated carbocycles. The summed E-state index contributed by atoms with van der Waals surface area (Å²) in [6, 6.07) is 2.08. The monoisotopic (exact) mass is 318 g/mol. The number of alkyl halides is 3. The quantitative estimate of drug-likeness (QED) is 0.860. The van der Waals surface area contributed by atoms with Gasteiger partial charge in [0.25, 0.3) is 0 Å². The van der Waals surface area contributed by atoms with Crippen molar-refractivity contribution in [2.75, 3.05) is 6.61 Å². The highest BCUT2D eigenvalue weighted by atomic mass is 32.1. The summed E-state index contributed by atoms with van der Waals surface area (Å²) in [5.74, 6) is 0.234. The molecule has 0 saturated heterocycles. The number of rotatable bonds is 4. The van der Waals surface area contributed by atoms with Gasteiger partial charge in [0.05, 0.1) is 12.2 Å². The number of halogens is 3. The molecular formula is C14H17F3N2OS. The Hall–Kier alpha value is -1.37. The van der Waals surface area contributed by atoms with Crippen LogP contribution >= 0.6 is 12.2 Å². The van der Waals surface area contributed by atoms with Crippen LogP contribution < -0.4 is 10.5 Å². The molecule has 0 amide bonds. The first-order valence-electron chi connectivity index (χ1n) is 6.89. The normalized spacial score (nSPS) is 16.7. The van der Waals surface area contributed by atoms with Crippen LogP contribution in [0.1, 0.15) is 43.4 Å². The highest BCUT2D eigenvalue weighted by molar-refractivity contribution is 7.80. The minimum absolute atomic E-state index is 0.0186. The highest BCUT2D eigenvalue weighted by Crippen LogP contribution is 2.31. The lowest BCUT2D eigenvalue weighted by molar-refractivity contribution is -0.141. The molecule has 2 rings (SSSR count). The van der Waals surface area contributed by atoms with Gasteiger partial charge in [0, 0.05) is 0 Å². The molecule has 0 aliphatic heterocycles. The maximum absolute atomic E-state index is 12.7. The van der Waals surface area contributed by atoms with Crippen LogP contribution in [0, 0.1) is 5.92 Å². The standard InChI is InChI=1S/C14H17F3N2OS/c15-14(16,17)11-7-6-10(12(18)21)13(19-11)20-8-9-4-2-1-3-5-9/h6-7,9H,1-5,8H2,(H2,18,21). The van der Waals surface area contributed by atoms with E-state index in [4.69, 9.17) is 22.7 Å². The molecule has 7 heteroatoms. The molecule has 2 N–H and O–H groups in total. The van der Waals surface area contributed by atoms with E-state index in [0.29, 0.717) is 12.5 Å². The summed E-state index contributed by atoms with van der Waals surface area (Å²) in [7, 11) is 0. The van der Waals surface area contributed by atoms with E-state index in [1.54, 1.807) is 0 Å². The molecule has 1 heterocycles. The summed E-state index contributed by atoms with van der Waals surface area (Å²) in [6.07, 6.45) is 1.01. The summed E-state index contributed by atoms with van der Waals surface area (Å²) in [4.78, 5) is 3.52. The number of hydrogen-bond acceptors (Lipinski definition) is 3. The van der Waals surface area contributed by atoms with Crippen LogP contribution in [0.3, 0.4) is 0 Å². The Morgan fingerprint density at radius 1 is 1.29 bits per heavy atom. The minimum atomic E-state index is -4.52. The third kappa shape index (κ3) is 4.30. The van der Waals surface area contributed by atoms with E-state index in [0.717, 1.165) is 31.7 Å². The van der Waals surface area contributed by atoms with Crippen LogP contribution in [0.15, 0.2) is 12.1 Å². The molecule has 0 bridgehead atoms. The fourth-order valence-electron chi connectivity index (χ4n) is 2.45. The van der Waals surface area contributed by atoms with Gasteiger partial charge in [-0.2, -0.15) is 13.2 Å². The number of thiocarbonyl (C=S) groups is 1. The number of nitrogens with two attached hydrogens (primary N) is 1. The van der Waals surface area contributed by atoms with Crippen molar-refractivity contribution in [1.29, 1.82) is 0 Å². The second kappa shape index (κ2) is 6.60. The summed E-state index contributed by atoms with van der Waals surface area (Å²) in [5.41, 5.74) is 4.76. The number of ether oxygens (including phenoxy) is 1. The zero-order valence-electron chi connectivity index (χ0n) is 11.4. The molecular weight excluding hydrogens is 301 g/mol. The van der Waals surface area contributed by atoms with E-state index < -0.39 is 11.9 Å². The van der Waals surface area contributed by atoms with Crippen molar-refractivity contribution >= 4 is 17.2 Å². The maximum Gasteiger partial charge on any atom is 0.433 e. The first kappa shape index (κ1) is 16.0. The Balaban J connectivity index is 2.16. The Bertz CT molecular complexity index is 513. The first-order valence-corrected chi connectivity index (χ1v) is 7.29. The molecule has 1 aromatic rings. The van der Waals surface area contributed by atoms with E-state index in [2.05, 4.69) is 4.98 Å². The topological polar surface area (TPSA) is 48.1 Å². The molecule has 0 atom stereocenters. The molecule has 1 fully saturated rings. The lowest BCUT2D eigenvalue weighted by Gasteiger charge is -2.22. The number of aromatic nitrogens is 1. The number of nitrogens with zero attached hydrogens (tertiary/aromatic N) is 1. The van der Waals surface area contributed by atoms with Gasteiger partial charge >= 0.3 is 6.18 Å². The average Bonchev–Trinajstić information content (AvgIpc) is 2.45. The minimum Gasteiger partial charge on any atom is -0.477 e. The summed E-state index contributed by atoms with van der Waals surface area (Å²) in [5, 5.41) is 0. The van der Waals surface area contributed by atoms with Crippen LogP contribution in [-0.4, -0.2) is 16.6 Å². The SMILES string of the molecule is NC(=S)c1ccc(C(F)(F)F)nc1OCC1CCCCC1. The van der Waals surface area contributed by atoms with Crippen LogP contribution in [0.4, 0.5) is 13.2 Å². The first-order chi connectivity index (χ1) is 9.88. The zero-order valence-corrected chi connectivity index (χ0v) is 12.3. The lowest BCUT2D eigenvalue weighted by atomic mass is 9.90. The van der Waals surface area contributed by atoms with Crippen LogP contribution in [-0.2, 0) is 6.18 Å². The van der Waals surface area contributed by atoms with Gasteiger partial charge < -0.3 is 10.5 Å². The largest absolute Gasteiger partial charge is 0.477 e. The summed E-state index contributed by atoms with van der Waals surface area (Å²) < 4.78 is 43.6. The average molecular weight is 318 g/mol. The lowest BCUT2D eigenvalue weighted by Crippen LogP contribution is -2.20. The molecule has 1 aliphatic rings. The molecule has 0 aromatic carbocycles.